The number of benzene rings is 2. The van der Waals surface area contributed by atoms with Crippen LogP contribution in [0.1, 0.15) is 46.1 Å². The van der Waals surface area contributed by atoms with Gasteiger partial charge < -0.3 is 9.67 Å². The molecule has 2 heterocycles. The average molecular weight is 542 g/mol. The number of rotatable bonds is 6. The molecule has 0 aliphatic rings. The van der Waals surface area contributed by atoms with Crippen molar-refractivity contribution < 1.29 is 23.1 Å². The van der Waals surface area contributed by atoms with Gasteiger partial charge in [0.05, 0.1) is 6.54 Å². The van der Waals surface area contributed by atoms with Gasteiger partial charge in [0.15, 0.2) is 5.82 Å². The first-order chi connectivity index (χ1) is 18.2. The Kier molecular flexibility index (Phi) is 7.29. The first kappa shape index (κ1) is 27.9. The number of fused-ring (bicyclic) bond motifs is 1. The van der Waals surface area contributed by atoms with Crippen molar-refractivity contribution in [3.8, 4) is 22.5 Å². The van der Waals surface area contributed by atoms with E-state index in [-0.39, 0.29) is 29.4 Å². The summed E-state index contributed by atoms with van der Waals surface area (Å²) in [5.74, 6) is -1.32. The zero-order valence-electron chi connectivity index (χ0n) is 22.3. The normalized spacial score (nSPS) is 12.3. The van der Waals surface area contributed by atoms with E-state index < -0.39 is 23.6 Å². The van der Waals surface area contributed by atoms with Gasteiger partial charge in [0.25, 0.3) is 5.56 Å². The molecule has 39 heavy (non-hydrogen) atoms. The zero-order valence-corrected chi connectivity index (χ0v) is 22.3. The monoisotopic (exact) mass is 541 g/mol. The second-order valence-electron chi connectivity index (χ2n) is 10.8. The summed E-state index contributed by atoms with van der Waals surface area (Å²) in [4.78, 5) is 31.1. The van der Waals surface area contributed by atoms with Crippen LogP contribution in [0.4, 0.5) is 18.0 Å². The highest BCUT2D eigenvalue weighted by molar-refractivity contribution is 5.99. The molecule has 4 rings (SSSR count). The Labute approximate surface area is 223 Å². The van der Waals surface area contributed by atoms with Crippen LogP contribution in [0.25, 0.3) is 33.3 Å². The summed E-state index contributed by atoms with van der Waals surface area (Å²) in [5.41, 5.74) is 1.04. The maximum Gasteiger partial charge on any atom is 0.451 e. The molecule has 1 amide bonds. The van der Waals surface area contributed by atoms with Gasteiger partial charge in [-0.15, -0.1) is 0 Å². The quantitative estimate of drug-likeness (QED) is 0.294. The van der Waals surface area contributed by atoms with Crippen molar-refractivity contribution >= 4 is 16.9 Å². The highest BCUT2D eigenvalue weighted by Gasteiger charge is 2.35. The number of alkyl halides is 3. The van der Waals surface area contributed by atoms with Crippen molar-refractivity contribution in [3.05, 3.63) is 70.4 Å². The van der Waals surface area contributed by atoms with Gasteiger partial charge in [0, 0.05) is 34.3 Å². The minimum atomic E-state index is -4.69. The molecule has 11 heteroatoms. The number of nitrogens with zero attached hydrogens (tertiary/aromatic N) is 4. The molecule has 4 aromatic rings. The zero-order chi connectivity index (χ0) is 28.7. The first-order valence-electron chi connectivity index (χ1n) is 12.4. The summed E-state index contributed by atoms with van der Waals surface area (Å²) < 4.78 is 41.1. The van der Waals surface area contributed by atoms with Crippen molar-refractivity contribution in [2.45, 2.75) is 59.4 Å². The van der Waals surface area contributed by atoms with Crippen LogP contribution in [0.3, 0.4) is 0 Å². The Balaban J connectivity index is 2.09. The van der Waals surface area contributed by atoms with Crippen LogP contribution in [0.2, 0.25) is 0 Å². The van der Waals surface area contributed by atoms with Crippen molar-refractivity contribution in [1.82, 2.24) is 24.6 Å². The van der Waals surface area contributed by atoms with E-state index in [1.807, 2.05) is 49.3 Å². The summed E-state index contributed by atoms with van der Waals surface area (Å²) in [6.45, 7) is 9.51. The van der Waals surface area contributed by atoms with Gasteiger partial charge in [-0.1, -0.05) is 50.2 Å². The fourth-order valence-corrected chi connectivity index (χ4v) is 4.54. The fraction of sp³-hybridized carbons (Fsp3) is 0.357. The van der Waals surface area contributed by atoms with Crippen LogP contribution in [0.15, 0.2) is 53.3 Å². The Morgan fingerprint density at radius 2 is 1.72 bits per heavy atom. The molecule has 0 saturated carbocycles. The van der Waals surface area contributed by atoms with Crippen LogP contribution in [-0.4, -0.2) is 41.4 Å². The van der Waals surface area contributed by atoms with Crippen LogP contribution in [-0.2, 0) is 19.3 Å². The lowest BCUT2D eigenvalue weighted by molar-refractivity contribution is -0.144. The number of hydrogen-bond donors (Lipinski definition) is 2. The number of amides is 1. The van der Waals surface area contributed by atoms with Crippen molar-refractivity contribution in [3.63, 3.8) is 0 Å². The summed E-state index contributed by atoms with van der Waals surface area (Å²) in [6.07, 6.45) is -5.83. The standard InChI is InChI=1S/C28H30F3N5O3/c1-16(2)14-35-21(15-36(26(38)39)27(3,4)5)22(17-9-7-6-8-10-17)20-13-18(11-12-19(20)24(35)37)23-32-25(34-33-23)28(29,30)31/h6-13,16H,14-15H2,1-5H3,(H,38,39)(H,32,33,34). The Hall–Kier alpha value is -4.15. The second kappa shape index (κ2) is 10.2. The molecule has 0 saturated heterocycles. The molecule has 0 radical (unpaired) electrons. The molecule has 0 aliphatic carbocycles. The van der Waals surface area contributed by atoms with Gasteiger partial charge in [-0.25, -0.2) is 9.78 Å². The molecule has 2 aromatic heterocycles. The highest BCUT2D eigenvalue weighted by Crippen LogP contribution is 2.35. The van der Waals surface area contributed by atoms with E-state index in [0.29, 0.717) is 28.6 Å². The van der Waals surface area contributed by atoms with E-state index in [1.165, 1.54) is 11.0 Å². The number of pyridine rings is 1. The molecule has 0 unspecified atom stereocenters. The van der Waals surface area contributed by atoms with Crippen LogP contribution in [0.5, 0.6) is 0 Å². The van der Waals surface area contributed by atoms with E-state index in [1.54, 1.807) is 37.5 Å². The highest BCUT2D eigenvalue weighted by atomic mass is 19.4. The van der Waals surface area contributed by atoms with Crippen LogP contribution in [0, 0.1) is 5.92 Å². The number of H-pyrrole nitrogens is 1. The molecule has 0 aliphatic heterocycles. The topological polar surface area (TPSA) is 104 Å². The molecule has 0 fully saturated rings. The van der Waals surface area contributed by atoms with Gasteiger partial charge in [0.2, 0.25) is 5.82 Å². The molecule has 206 valence electrons. The summed E-state index contributed by atoms with van der Waals surface area (Å²) in [7, 11) is 0. The molecular weight excluding hydrogens is 511 g/mol. The minimum Gasteiger partial charge on any atom is -0.465 e. The lowest BCUT2D eigenvalue weighted by Gasteiger charge is -2.35. The van der Waals surface area contributed by atoms with Gasteiger partial charge in [-0.2, -0.15) is 18.3 Å². The average Bonchev–Trinajstić information content (AvgIpc) is 3.35. The number of carboxylic acid groups (broad SMARTS) is 1. The number of hydrogen-bond acceptors (Lipinski definition) is 4. The van der Waals surface area contributed by atoms with Crippen molar-refractivity contribution in [2.24, 2.45) is 5.92 Å². The summed E-state index contributed by atoms with van der Waals surface area (Å²) in [5, 5.41) is 16.6. The van der Waals surface area contributed by atoms with Gasteiger partial charge in [-0.05, 0) is 49.8 Å². The van der Waals surface area contributed by atoms with Gasteiger partial charge in [-0.3, -0.25) is 14.8 Å². The predicted molar refractivity (Wildman–Crippen MR) is 142 cm³/mol. The predicted octanol–water partition coefficient (Wildman–Crippen LogP) is 6.41. The Morgan fingerprint density at radius 3 is 2.26 bits per heavy atom. The SMILES string of the molecule is CC(C)Cn1c(CN(C(=O)O)C(C)(C)C)c(-c2ccccc2)c2cc(-c3n[nH]c(C(F)(F)F)n3)ccc2c1=O. The third-order valence-electron chi connectivity index (χ3n) is 6.35. The Morgan fingerprint density at radius 1 is 1.05 bits per heavy atom. The molecule has 8 nitrogen and oxygen atoms in total. The molecule has 0 atom stereocenters. The number of aromatic nitrogens is 4. The summed E-state index contributed by atoms with van der Waals surface area (Å²) >= 11 is 0. The lowest BCUT2D eigenvalue weighted by Crippen LogP contribution is -2.45. The van der Waals surface area contributed by atoms with Crippen LogP contribution >= 0.6 is 0 Å². The first-order valence-corrected chi connectivity index (χ1v) is 12.4. The van der Waals surface area contributed by atoms with Gasteiger partial charge >= 0.3 is 12.3 Å². The maximum absolute atomic E-state index is 13.9. The van der Waals surface area contributed by atoms with Crippen molar-refractivity contribution in [1.29, 1.82) is 0 Å². The molecule has 2 N–H and O–H groups in total. The second-order valence-corrected chi connectivity index (χ2v) is 10.8. The van der Waals surface area contributed by atoms with E-state index in [4.69, 9.17) is 0 Å². The fourth-order valence-electron chi connectivity index (χ4n) is 4.54. The van der Waals surface area contributed by atoms with Gasteiger partial charge in [0.1, 0.15) is 0 Å². The largest absolute Gasteiger partial charge is 0.465 e. The lowest BCUT2D eigenvalue weighted by atomic mass is 9.94. The number of nitrogens with one attached hydrogen (secondary N) is 1. The van der Waals surface area contributed by atoms with E-state index in [2.05, 4.69) is 10.1 Å². The number of halogens is 3. The van der Waals surface area contributed by atoms with E-state index in [0.717, 1.165) is 5.56 Å². The molecule has 2 aromatic carbocycles. The van der Waals surface area contributed by atoms with E-state index >= 15 is 0 Å². The number of aromatic amines is 1. The molecular formula is C28H30F3N5O3. The summed E-state index contributed by atoms with van der Waals surface area (Å²) in [6, 6.07) is 13.9. The van der Waals surface area contributed by atoms with Crippen molar-refractivity contribution in [2.75, 3.05) is 0 Å². The maximum atomic E-state index is 13.9. The van der Waals surface area contributed by atoms with Crippen LogP contribution < -0.4 is 5.56 Å². The third-order valence-corrected chi connectivity index (χ3v) is 6.35. The Bertz CT molecular complexity index is 1570. The smallest absolute Gasteiger partial charge is 0.451 e. The molecule has 0 spiro atoms. The number of carbonyl (C=O) groups is 1. The van der Waals surface area contributed by atoms with E-state index in [9.17, 15) is 27.9 Å². The third kappa shape index (κ3) is 5.67. The molecule has 0 bridgehead atoms. The minimum absolute atomic E-state index is 0.0729.